The SMILES string of the molecule is O=C(c1ccc(Cl)c(Cl)c1)N1CCN(c2ccc(-n3cncn3)nn2)CC1. The van der Waals surface area contributed by atoms with E-state index in [2.05, 4.69) is 25.2 Å². The zero-order valence-electron chi connectivity index (χ0n) is 14.2. The summed E-state index contributed by atoms with van der Waals surface area (Å²) in [6.45, 7) is 2.52. The smallest absolute Gasteiger partial charge is 0.254 e. The van der Waals surface area contributed by atoms with Gasteiger partial charge in [-0.1, -0.05) is 23.2 Å². The number of carbonyl (C=O) groups is 1. The zero-order valence-corrected chi connectivity index (χ0v) is 15.7. The topological polar surface area (TPSA) is 80.0 Å². The molecule has 0 radical (unpaired) electrons. The Morgan fingerprint density at radius 2 is 1.67 bits per heavy atom. The molecule has 0 N–H and O–H groups in total. The molecule has 10 heteroatoms. The van der Waals surface area contributed by atoms with Crippen molar-refractivity contribution in [2.24, 2.45) is 0 Å². The normalized spacial score (nSPS) is 14.4. The Hall–Kier alpha value is -2.71. The van der Waals surface area contributed by atoms with Gasteiger partial charge < -0.3 is 9.80 Å². The highest BCUT2D eigenvalue weighted by Gasteiger charge is 2.23. The van der Waals surface area contributed by atoms with Crippen LogP contribution in [0.25, 0.3) is 5.82 Å². The molecule has 0 bridgehead atoms. The molecule has 8 nitrogen and oxygen atoms in total. The van der Waals surface area contributed by atoms with Crippen molar-refractivity contribution in [3.05, 3.63) is 58.6 Å². The molecule has 0 spiro atoms. The second kappa shape index (κ2) is 7.50. The molecule has 0 aliphatic carbocycles. The average molecular weight is 404 g/mol. The molecule has 0 unspecified atom stereocenters. The Morgan fingerprint density at radius 1 is 0.926 bits per heavy atom. The van der Waals surface area contributed by atoms with E-state index >= 15 is 0 Å². The van der Waals surface area contributed by atoms with Crippen LogP contribution in [0.1, 0.15) is 10.4 Å². The van der Waals surface area contributed by atoms with E-state index in [0.717, 1.165) is 5.82 Å². The predicted octanol–water partition coefficient (Wildman–Crippen LogP) is 2.33. The first-order valence-electron chi connectivity index (χ1n) is 8.30. The second-order valence-corrected chi connectivity index (χ2v) is 6.81. The summed E-state index contributed by atoms with van der Waals surface area (Å²) in [6.07, 6.45) is 3.01. The summed E-state index contributed by atoms with van der Waals surface area (Å²) in [5.74, 6) is 1.31. The van der Waals surface area contributed by atoms with Gasteiger partial charge in [0, 0.05) is 31.7 Å². The van der Waals surface area contributed by atoms with E-state index < -0.39 is 0 Å². The molecule has 1 saturated heterocycles. The molecule has 1 aliphatic heterocycles. The number of hydrogen-bond acceptors (Lipinski definition) is 6. The average Bonchev–Trinajstić information content (AvgIpc) is 3.25. The molecule has 27 heavy (non-hydrogen) atoms. The van der Waals surface area contributed by atoms with E-state index in [1.165, 1.54) is 6.33 Å². The lowest BCUT2D eigenvalue weighted by molar-refractivity contribution is 0.0746. The Kier molecular flexibility index (Phi) is 4.91. The molecular formula is C17H15Cl2N7O. The summed E-state index contributed by atoms with van der Waals surface area (Å²) < 4.78 is 1.55. The number of carbonyl (C=O) groups excluding carboxylic acids is 1. The van der Waals surface area contributed by atoms with Crippen LogP contribution in [0, 0.1) is 0 Å². The van der Waals surface area contributed by atoms with Gasteiger partial charge in [-0.25, -0.2) is 9.67 Å². The number of hydrogen-bond donors (Lipinski definition) is 0. The molecule has 138 valence electrons. The van der Waals surface area contributed by atoms with Gasteiger partial charge >= 0.3 is 0 Å². The first-order chi connectivity index (χ1) is 13.1. The summed E-state index contributed by atoms with van der Waals surface area (Å²) in [7, 11) is 0. The van der Waals surface area contributed by atoms with Gasteiger partial charge in [0.1, 0.15) is 12.7 Å². The van der Waals surface area contributed by atoms with Crippen molar-refractivity contribution in [2.75, 3.05) is 31.1 Å². The van der Waals surface area contributed by atoms with Gasteiger partial charge in [-0.3, -0.25) is 4.79 Å². The minimum absolute atomic E-state index is 0.0548. The van der Waals surface area contributed by atoms with Crippen molar-refractivity contribution in [3.8, 4) is 5.82 Å². The van der Waals surface area contributed by atoms with Gasteiger partial charge in [0.15, 0.2) is 11.6 Å². The molecular weight excluding hydrogens is 389 g/mol. The van der Waals surface area contributed by atoms with Gasteiger partial charge in [-0.15, -0.1) is 10.2 Å². The maximum atomic E-state index is 12.6. The third-order valence-corrected chi connectivity index (χ3v) is 5.09. The number of rotatable bonds is 3. The van der Waals surface area contributed by atoms with Gasteiger partial charge in [0.25, 0.3) is 5.91 Å². The Bertz CT molecular complexity index is 938. The van der Waals surface area contributed by atoms with E-state index in [4.69, 9.17) is 23.2 Å². The van der Waals surface area contributed by atoms with Crippen molar-refractivity contribution in [1.29, 1.82) is 0 Å². The monoisotopic (exact) mass is 403 g/mol. The van der Waals surface area contributed by atoms with E-state index in [1.807, 2.05) is 12.1 Å². The summed E-state index contributed by atoms with van der Waals surface area (Å²) in [4.78, 5) is 20.4. The molecule has 4 rings (SSSR count). The molecule has 1 aliphatic rings. The predicted molar refractivity (Wildman–Crippen MR) is 102 cm³/mol. The minimum atomic E-state index is -0.0548. The van der Waals surface area contributed by atoms with Crippen LogP contribution in [0.3, 0.4) is 0 Å². The quantitative estimate of drug-likeness (QED) is 0.667. The van der Waals surface area contributed by atoms with Crippen molar-refractivity contribution in [1.82, 2.24) is 29.9 Å². The highest BCUT2D eigenvalue weighted by molar-refractivity contribution is 6.42. The first-order valence-corrected chi connectivity index (χ1v) is 9.05. The van der Waals surface area contributed by atoms with E-state index in [9.17, 15) is 4.79 Å². The maximum absolute atomic E-state index is 12.6. The standard InChI is InChI=1S/C17H15Cl2N7O/c18-13-2-1-12(9-14(13)19)17(27)25-7-5-24(6-8-25)15-3-4-16(23-22-15)26-11-20-10-21-26/h1-4,9-11H,5-8H2. The molecule has 0 saturated carbocycles. The fourth-order valence-corrected chi connectivity index (χ4v) is 3.18. The van der Waals surface area contributed by atoms with Crippen molar-refractivity contribution in [3.63, 3.8) is 0 Å². The van der Waals surface area contributed by atoms with Crippen LogP contribution in [-0.4, -0.2) is 61.9 Å². The molecule has 3 aromatic rings. The fourth-order valence-electron chi connectivity index (χ4n) is 2.89. The summed E-state index contributed by atoms with van der Waals surface area (Å²) >= 11 is 11.9. The number of amides is 1. The molecule has 2 aromatic heterocycles. The third-order valence-electron chi connectivity index (χ3n) is 4.35. The van der Waals surface area contributed by atoms with Crippen molar-refractivity contribution >= 4 is 34.9 Å². The number of anilines is 1. The first kappa shape index (κ1) is 17.7. The summed E-state index contributed by atoms with van der Waals surface area (Å²) in [5.41, 5.74) is 0.537. The molecule has 1 amide bonds. The molecule has 0 atom stereocenters. The number of benzene rings is 1. The van der Waals surface area contributed by atoms with Crippen LogP contribution in [0.15, 0.2) is 43.0 Å². The summed E-state index contributed by atoms with van der Waals surface area (Å²) in [5, 5.41) is 13.3. The van der Waals surface area contributed by atoms with E-state index in [0.29, 0.717) is 47.6 Å². The van der Waals surface area contributed by atoms with Crippen LogP contribution < -0.4 is 4.90 Å². The van der Waals surface area contributed by atoms with Gasteiger partial charge in [-0.2, -0.15) is 5.10 Å². The number of nitrogens with zero attached hydrogens (tertiary/aromatic N) is 7. The second-order valence-electron chi connectivity index (χ2n) is 6.00. The van der Waals surface area contributed by atoms with Crippen LogP contribution in [-0.2, 0) is 0 Å². The number of halogens is 2. The third kappa shape index (κ3) is 3.72. The number of piperazine rings is 1. The van der Waals surface area contributed by atoms with Crippen molar-refractivity contribution in [2.45, 2.75) is 0 Å². The summed E-state index contributed by atoms with van der Waals surface area (Å²) in [6, 6.07) is 8.66. The largest absolute Gasteiger partial charge is 0.352 e. The van der Waals surface area contributed by atoms with Crippen LogP contribution in [0.5, 0.6) is 0 Å². The highest BCUT2D eigenvalue weighted by Crippen LogP contribution is 2.24. The Balaban J connectivity index is 1.39. The molecule has 1 fully saturated rings. The van der Waals surface area contributed by atoms with Gasteiger partial charge in [-0.05, 0) is 30.3 Å². The lowest BCUT2D eigenvalue weighted by Gasteiger charge is -2.35. The lowest BCUT2D eigenvalue weighted by Crippen LogP contribution is -2.49. The minimum Gasteiger partial charge on any atom is -0.352 e. The van der Waals surface area contributed by atoms with Gasteiger partial charge in [0.05, 0.1) is 10.0 Å². The van der Waals surface area contributed by atoms with Crippen LogP contribution >= 0.6 is 23.2 Å². The highest BCUT2D eigenvalue weighted by atomic mass is 35.5. The van der Waals surface area contributed by atoms with Crippen molar-refractivity contribution < 1.29 is 4.79 Å². The fraction of sp³-hybridized carbons (Fsp3) is 0.235. The Morgan fingerprint density at radius 3 is 2.30 bits per heavy atom. The van der Waals surface area contributed by atoms with Gasteiger partial charge in [0.2, 0.25) is 0 Å². The van der Waals surface area contributed by atoms with Crippen LogP contribution in [0.4, 0.5) is 5.82 Å². The Labute approximate surface area is 165 Å². The van der Waals surface area contributed by atoms with E-state index in [1.54, 1.807) is 34.1 Å². The zero-order chi connectivity index (χ0) is 18.8. The van der Waals surface area contributed by atoms with E-state index in [-0.39, 0.29) is 5.91 Å². The maximum Gasteiger partial charge on any atom is 0.254 e. The van der Waals surface area contributed by atoms with Crippen LogP contribution in [0.2, 0.25) is 10.0 Å². The molecule has 1 aromatic carbocycles. The lowest BCUT2D eigenvalue weighted by atomic mass is 10.2. The number of aromatic nitrogens is 5. The molecule has 3 heterocycles.